The van der Waals surface area contributed by atoms with Crippen LogP contribution in [-0.4, -0.2) is 0 Å². The third kappa shape index (κ3) is 3.27. The number of rotatable bonds is 1. The average molecular weight is 615 g/mol. The molecule has 0 radical (unpaired) electrons. The highest BCUT2D eigenvalue weighted by Crippen LogP contribution is 2.64. The van der Waals surface area contributed by atoms with Gasteiger partial charge in [0.2, 0.25) is 0 Å². The number of fused-ring (bicyclic) bond motifs is 16. The van der Waals surface area contributed by atoms with E-state index in [2.05, 4.69) is 146 Å². The summed E-state index contributed by atoms with van der Waals surface area (Å²) in [4.78, 5) is 0. The van der Waals surface area contributed by atoms with Crippen molar-refractivity contribution in [2.24, 2.45) is 0 Å². The van der Waals surface area contributed by atoms with Gasteiger partial charge in [0.1, 0.15) is 11.5 Å². The van der Waals surface area contributed by atoms with E-state index in [1.165, 1.54) is 110 Å². The van der Waals surface area contributed by atoms with Gasteiger partial charge in [-0.15, -0.1) is 0 Å². The first-order chi connectivity index (χ1) is 23.8. The van der Waals surface area contributed by atoms with Crippen molar-refractivity contribution in [2.75, 3.05) is 0 Å². The van der Waals surface area contributed by atoms with E-state index in [0.29, 0.717) is 0 Å². The van der Waals surface area contributed by atoms with Gasteiger partial charge in [0, 0.05) is 16.5 Å². The van der Waals surface area contributed by atoms with Gasteiger partial charge < -0.3 is 4.74 Å². The van der Waals surface area contributed by atoms with Crippen LogP contribution in [0.3, 0.4) is 0 Å². The zero-order valence-electron chi connectivity index (χ0n) is 26.8. The molecule has 0 bridgehead atoms. The van der Waals surface area contributed by atoms with Crippen LogP contribution < -0.4 is 4.74 Å². The molecule has 1 fully saturated rings. The minimum atomic E-state index is -0.347. The molecule has 1 heterocycles. The number of hydrogen-bond donors (Lipinski definition) is 0. The van der Waals surface area contributed by atoms with Crippen LogP contribution in [-0.2, 0) is 10.8 Å². The Hall–Kier alpha value is -5.40. The summed E-state index contributed by atoms with van der Waals surface area (Å²) in [5.74, 6) is 2.05. The summed E-state index contributed by atoms with van der Waals surface area (Å²) in [6.45, 7) is 0. The lowest BCUT2D eigenvalue weighted by Crippen LogP contribution is -2.33. The molecular weight excluding hydrogens is 581 g/mol. The number of hydrogen-bond acceptors (Lipinski definition) is 1. The van der Waals surface area contributed by atoms with Crippen LogP contribution in [0.4, 0.5) is 0 Å². The molecule has 0 amide bonds. The summed E-state index contributed by atoms with van der Waals surface area (Å²) in [6, 6.07) is 54.9. The first-order valence-electron chi connectivity index (χ1n) is 17.6. The van der Waals surface area contributed by atoms with E-state index < -0.39 is 0 Å². The standard InChI is InChI=1S/C47H34O/c1-10-26-46(27-11-1)40-18-8-9-19-43(40)48-44-25-22-32(29-42(44)46)31-21-23-39-36(28-31)45-33-13-3-2-12-30(33)20-24-41(45)47(39)37-16-6-4-14-34(37)35-15-5-7-17-38(35)47/h2-9,12-25,28-29H,1,10-11,26-27H2. The molecule has 0 unspecified atom stereocenters. The Morgan fingerprint density at radius 1 is 0.417 bits per heavy atom. The summed E-state index contributed by atoms with van der Waals surface area (Å²) in [7, 11) is 0. The van der Waals surface area contributed by atoms with Crippen molar-refractivity contribution in [3.05, 3.63) is 179 Å². The molecule has 0 saturated heterocycles. The number of benzene rings is 7. The molecule has 11 rings (SSSR count). The fourth-order valence-corrected chi connectivity index (χ4v) is 10.2. The molecule has 2 spiro atoms. The summed E-state index contributed by atoms with van der Waals surface area (Å²) in [5, 5.41) is 2.61. The molecule has 228 valence electrons. The average Bonchev–Trinajstić information content (AvgIpc) is 3.62. The predicted octanol–water partition coefficient (Wildman–Crippen LogP) is 12.2. The van der Waals surface area contributed by atoms with E-state index in [9.17, 15) is 0 Å². The molecule has 3 aliphatic carbocycles. The van der Waals surface area contributed by atoms with Gasteiger partial charge in [0.25, 0.3) is 0 Å². The Balaban J connectivity index is 1.17. The monoisotopic (exact) mass is 614 g/mol. The van der Waals surface area contributed by atoms with Crippen molar-refractivity contribution in [3.8, 4) is 44.9 Å². The van der Waals surface area contributed by atoms with Gasteiger partial charge in [-0.2, -0.15) is 0 Å². The Morgan fingerprint density at radius 2 is 1.02 bits per heavy atom. The maximum Gasteiger partial charge on any atom is 0.131 e. The lowest BCUT2D eigenvalue weighted by Gasteiger charge is -2.43. The molecule has 0 atom stereocenters. The highest BCUT2D eigenvalue weighted by Gasteiger charge is 2.52. The molecule has 4 aliphatic rings. The maximum absolute atomic E-state index is 6.59. The van der Waals surface area contributed by atoms with Crippen LogP contribution in [0.5, 0.6) is 11.5 Å². The third-order valence-electron chi connectivity index (χ3n) is 12.1. The van der Waals surface area contributed by atoms with E-state index >= 15 is 0 Å². The SMILES string of the molecule is c1ccc2c(c1)Oc1ccc(-c3ccc4c(c3)-c3c(ccc5ccccc35)C43c4ccccc4-c4ccccc43)cc1C21CCCCC1. The Labute approximate surface area is 281 Å². The van der Waals surface area contributed by atoms with Crippen molar-refractivity contribution in [2.45, 2.75) is 42.9 Å². The fraction of sp³-hybridized carbons (Fsp3) is 0.149. The van der Waals surface area contributed by atoms with Crippen LogP contribution in [0.2, 0.25) is 0 Å². The molecule has 1 nitrogen and oxygen atoms in total. The Morgan fingerprint density at radius 3 is 1.83 bits per heavy atom. The number of para-hydroxylation sites is 1. The van der Waals surface area contributed by atoms with Crippen molar-refractivity contribution < 1.29 is 4.74 Å². The van der Waals surface area contributed by atoms with Crippen molar-refractivity contribution >= 4 is 10.8 Å². The molecule has 0 aromatic heterocycles. The molecule has 0 N–H and O–H groups in total. The number of ether oxygens (including phenoxy) is 1. The topological polar surface area (TPSA) is 9.23 Å². The lowest BCUT2D eigenvalue weighted by atomic mass is 9.63. The predicted molar refractivity (Wildman–Crippen MR) is 196 cm³/mol. The van der Waals surface area contributed by atoms with E-state index in [1.54, 1.807) is 0 Å². The van der Waals surface area contributed by atoms with Crippen LogP contribution in [0.1, 0.15) is 65.5 Å². The minimum absolute atomic E-state index is 0.0132. The molecular formula is C47H34O. The molecule has 7 aromatic carbocycles. The molecule has 48 heavy (non-hydrogen) atoms. The maximum atomic E-state index is 6.59. The molecule has 7 aromatic rings. The van der Waals surface area contributed by atoms with Gasteiger partial charge in [-0.05, 0) is 104 Å². The first kappa shape index (κ1) is 26.6. The van der Waals surface area contributed by atoms with Gasteiger partial charge in [0.15, 0.2) is 0 Å². The van der Waals surface area contributed by atoms with Gasteiger partial charge in [-0.25, -0.2) is 0 Å². The minimum Gasteiger partial charge on any atom is -0.457 e. The van der Waals surface area contributed by atoms with Gasteiger partial charge >= 0.3 is 0 Å². The summed E-state index contributed by atoms with van der Waals surface area (Å²) in [6.07, 6.45) is 6.17. The van der Waals surface area contributed by atoms with E-state index in [-0.39, 0.29) is 10.8 Å². The van der Waals surface area contributed by atoms with Gasteiger partial charge in [-0.1, -0.05) is 141 Å². The van der Waals surface area contributed by atoms with Crippen LogP contribution in [0.25, 0.3) is 44.2 Å². The fourth-order valence-electron chi connectivity index (χ4n) is 10.2. The van der Waals surface area contributed by atoms with Crippen molar-refractivity contribution in [1.82, 2.24) is 0 Å². The van der Waals surface area contributed by atoms with Gasteiger partial charge in [-0.3, -0.25) is 0 Å². The van der Waals surface area contributed by atoms with E-state index in [0.717, 1.165) is 11.5 Å². The molecule has 1 saturated carbocycles. The van der Waals surface area contributed by atoms with Crippen molar-refractivity contribution in [1.29, 1.82) is 0 Å². The van der Waals surface area contributed by atoms with Gasteiger partial charge in [0.05, 0.1) is 5.41 Å². The second-order valence-corrected chi connectivity index (χ2v) is 14.3. The highest BCUT2D eigenvalue weighted by atomic mass is 16.5. The zero-order valence-corrected chi connectivity index (χ0v) is 26.8. The van der Waals surface area contributed by atoms with E-state index in [1.807, 2.05) is 0 Å². The summed E-state index contributed by atoms with van der Waals surface area (Å²) < 4.78 is 6.59. The van der Waals surface area contributed by atoms with E-state index in [4.69, 9.17) is 4.74 Å². The third-order valence-corrected chi connectivity index (χ3v) is 12.1. The highest BCUT2D eigenvalue weighted by molar-refractivity contribution is 6.06. The largest absolute Gasteiger partial charge is 0.457 e. The normalized spacial score (nSPS) is 16.8. The molecule has 1 aliphatic heterocycles. The Bertz CT molecular complexity index is 2430. The zero-order chi connectivity index (χ0) is 31.5. The van der Waals surface area contributed by atoms with Crippen LogP contribution in [0.15, 0.2) is 146 Å². The van der Waals surface area contributed by atoms with Crippen LogP contribution >= 0.6 is 0 Å². The lowest BCUT2D eigenvalue weighted by molar-refractivity contribution is 0.306. The summed E-state index contributed by atoms with van der Waals surface area (Å²) in [5.41, 5.74) is 15.9. The second kappa shape index (κ2) is 9.58. The quantitative estimate of drug-likeness (QED) is 0.179. The van der Waals surface area contributed by atoms with Crippen LogP contribution in [0, 0.1) is 0 Å². The Kier molecular flexibility index (Phi) is 5.32. The smallest absolute Gasteiger partial charge is 0.131 e. The second-order valence-electron chi connectivity index (χ2n) is 14.3. The van der Waals surface area contributed by atoms with Crippen molar-refractivity contribution in [3.63, 3.8) is 0 Å². The summed E-state index contributed by atoms with van der Waals surface area (Å²) >= 11 is 0. The molecule has 1 heteroatoms. The first-order valence-corrected chi connectivity index (χ1v) is 17.6.